The number of ether oxygens (including phenoxy) is 2. The monoisotopic (exact) mass is 404 g/mol. The van der Waals surface area contributed by atoms with Crippen LogP contribution >= 0.6 is 0 Å². The first kappa shape index (κ1) is 19.0. The van der Waals surface area contributed by atoms with Gasteiger partial charge in [0.05, 0.1) is 31.0 Å². The number of hydrogen-bond donors (Lipinski definition) is 1. The molecule has 0 radical (unpaired) electrons. The van der Waals surface area contributed by atoms with Crippen molar-refractivity contribution in [2.45, 2.75) is 12.3 Å². The number of morpholine rings is 1. The smallest absolute Gasteiger partial charge is 0.238 e. The van der Waals surface area contributed by atoms with E-state index in [0.29, 0.717) is 6.61 Å². The summed E-state index contributed by atoms with van der Waals surface area (Å²) >= 11 is 0. The molecule has 1 unspecified atom stereocenters. The second-order valence-corrected chi connectivity index (χ2v) is 7.60. The molecule has 1 fully saturated rings. The van der Waals surface area contributed by atoms with Crippen LogP contribution in [0.15, 0.2) is 48.8 Å². The number of rotatable bonds is 6. The van der Waals surface area contributed by atoms with Crippen LogP contribution in [0.1, 0.15) is 23.6 Å². The fourth-order valence-electron chi connectivity index (χ4n) is 4.16. The third-order valence-corrected chi connectivity index (χ3v) is 5.70. The molecule has 7 nitrogen and oxygen atoms in total. The maximum absolute atomic E-state index is 12.6. The molecule has 1 amide bonds. The Labute approximate surface area is 175 Å². The van der Waals surface area contributed by atoms with Gasteiger partial charge in [0.2, 0.25) is 5.91 Å². The number of aromatic nitrogens is 2. The number of nitrogens with one attached hydrogen (secondary N) is 1. The number of nitrogens with zero attached hydrogens (tertiary/aromatic N) is 3. The zero-order valence-electron chi connectivity index (χ0n) is 16.7. The number of hydrogen-bond acceptors (Lipinski definition) is 6. The second kappa shape index (κ2) is 8.38. The van der Waals surface area contributed by atoms with E-state index in [1.165, 1.54) is 6.33 Å². The van der Waals surface area contributed by atoms with Crippen LogP contribution in [0.2, 0.25) is 0 Å². The lowest BCUT2D eigenvalue weighted by Gasteiger charge is -2.26. The van der Waals surface area contributed by atoms with Crippen molar-refractivity contribution in [1.82, 2.24) is 14.9 Å². The number of carbonyl (C=O) groups excluding carboxylic acids is 1. The van der Waals surface area contributed by atoms with Gasteiger partial charge in [-0.25, -0.2) is 9.97 Å². The zero-order valence-corrected chi connectivity index (χ0v) is 16.7. The van der Waals surface area contributed by atoms with Crippen molar-refractivity contribution < 1.29 is 14.3 Å². The van der Waals surface area contributed by atoms with E-state index >= 15 is 0 Å². The molecule has 1 saturated heterocycles. The maximum atomic E-state index is 12.6. The van der Waals surface area contributed by atoms with E-state index in [2.05, 4.69) is 20.2 Å². The van der Waals surface area contributed by atoms with Crippen molar-refractivity contribution in [3.63, 3.8) is 0 Å². The van der Waals surface area contributed by atoms with Crippen LogP contribution in [-0.4, -0.2) is 60.2 Å². The van der Waals surface area contributed by atoms with Crippen molar-refractivity contribution in [3.8, 4) is 5.75 Å². The minimum Gasteiger partial charge on any atom is -0.493 e. The van der Waals surface area contributed by atoms with Gasteiger partial charge in [-0.3, -0.25) is 9.69 Å². The average Bonchev–Trinajstić information content (AvgIpc) is 3.12. The number of anilines is 1. The number of carbonyl (C=O) groups is 1. The van der Waals surface area contributed by atoms with Gasteiger partial charge in [0.15, 0.2) is 0 Å². The first-order valence-corrected chi connectivity index (χ1v) is 10.4. The van der Waals surface area contributed by atoms with Gasteiger partial charge in [0.25, 0.3) is 0 Å². The fourth-order valence-corrected chi connectivity index (χ4v) is 4.16. The van der Waals surface area contributed by atoms with Gasteiger partial charge in [0.1, 0.15) is 18.0 Å². The second-order valence-electron chi connectivity index (χ2n) is 7.60. The molecule has 0 bridgehead atoms. The Morgan fingerprint density at radius 3 is 2.90 bits per heavy atom. The molecular weight excluding hydrogens is 380 g/mol. The lowest BCUT2D eigenvalue weighted by Crippen LogP contribution is -2.37. The van der Waals surface area contributed by atoms with Gasteiger partial charge < -0.3 is 14.8 Å². The molecule has 3 aromatic rings. The third kappa shape index (κ3) is 3.74. The highest BCUT2D eigenvalue weighted by molar-refractivity contribution is 6.06. The molecular formula is C23H24N4O3. The van der Waals surface area contributed by atoms with Crippen molar-refractivity contribution in [3.05, 3.63) is 60.0 Å². The predicted molar refractivity (Wildman–Crippen MR) is 114 cm³/mol. The van der Waals surface area contributed by atoms with Crippen LogP contribution in [0.3, 0.4) is 0 Å². The quantitative estimate of drug-likeness (QED) is 0.637. The summed E-state index contributed by atoms with van der Waals surface area (Å²) in [6, 6.07) is 13.6. The molecule has 2 aliphatic rings. The molecule has 5 rings (SSSR count). The summed E-state index contributed by atoms with van der Waals surface area (Å²) in [4.78, 5) is 23.9. The Bertz CT molecular complexity index is 1070. The van der Waals surface area contributed by atoms with Crippen LogP contribution in [0.25, 0.3) is 10.9 Å². The number of amides is 1. The molecule has 2 aromatic carbocycles. The summed E-state index contributed by atoms with van der Waals surface area (Å²) in [6.07, 6.45) is 2.49. The van der Waals surface area contributed by atoms with Crippen LogP contribution in [0, 0.1) is 0 Å². The fraction of sp³-hybridized carbons (Fsp3) is 0.348. The molecule has 3 heterocycles. The number of para-hydroxylation sites is 1. The van der Waals surface area contributed by atoms with E-state index in [1.54, 1.807) is 0 Å². The van der Waals surface area contributed by atoms with Crippen molar-refractivity contribution >= 4 is 22.5 Å². The van der Waals surface area contributed by atoms with Gasteiger partial charge in [-0.15, -0.1) is 0 Å². The van der Waals surface area contributed by atoms with Crippen LogP contribution in [0.4, 0.5) is 5.69 Å². The van der Waals surface area contributed by atoms with E-state index < -0.39 is 5.92 Å². The molecule has 154 valence electrons. The van der Waals surface area contributed by atoms with Crippen LogP contribution in [-0.2, 0) is 9.53 Å². The summed E-state index contributed by atoms with van der Waals surface area (Å²) in [5.41, 5.74) is 3.30. The summed E-state index contributed by atoms with van der Waals surface area (Å²) in [6.45, 7) is 5.29. The van der Waals surface area contributed by atoms with Gasteiger partial charge in [-0.1, -0.05) is 18.2 Å². The molecule has 1 N–H and O–H groups in total. The molecule has 1 atom stereocenters. The van der Waals surface area contributed by atoms with Gasteiger partial charge >= 0.3 is 0 Å². The van der Waals surface area contributed by atoms with Gasteiger partial charge in [-0.05, 0) is 30.2 Å². The minimum atomic E-state index is -0.424. The molecule has 2 aliphatic heterocycles. The van der Waals surface area contributed by atoms with E-state index in [1.807, 2.05) is 42.5 Å². The molecule has 0 aliphatic carbocycles. The predicted octanol–water partition coefficient (Wildman–Crippen LogP) is 2.81. The van der Waals surface area contributed by atoms with Crippen molar-refractivity contribution in [2.75, 3.05) is 44.8 Å². The summed E-state index contributed by atoms with van der Waals surface area (Å²) in [7, 11) is 0. The van der Waals surface area contributed by atoms with E-state index in [0.717, 1.165) is 72.9 Å². The Balaban J connectivity index is 1.31. The molecule has 7 heteroatoms. The first-order valence-electron chi connectivity index (χ1n) is 10.4. The third-order valence-electron chi connectivity index (χ3n) is 5.70. The Morgan fingerprint density at radius 1 is 1.13 bits per heavy atom. The summed E-state index contributed by atoms with van der Waals surface area (Å²) in [5.74, 6) is 0.303. The average molecular weight is 404 g/mol. The van der Waals surface area contributed by atoms with Crippen molar-refractivity contribution in [2.24, 2.45) is 0 Å². The maximum Gasteiger partial charge on any atom is 0.238 e. The highest BCUT2D eigenvalue weighted by Crippen LogP contribution is 2.38. The Kier molecular flexibility index (Phi) is 5.29. The minimum absolute atomic E-state index is 0.0559. The summed E-state index contributed by atoms with van der Waals surface area (Å²) < 4.78 is 11.3. The normalized spacial score (nSPS) is 18.9. The lowest BCUT2D eigenvalue weighted by atomic mass is 9.94. The Hall–Kier alpha value is -3.03. The van der Waals surface area contributed by atoms with Crippen LogP contribution < -0.4 is 10.1 Å². The van der Waals surface area contributed by atoms with E-state index in [4.69, 9.17) is 9.47 Å². The Morgan fingerprint density at radius 2 is 2.00 bits per heavy atom. The molecule has 0 spiro atoms. The number of fused-ring (bicyclic) bond motifs is 2. The zero-order chi connectivity index (χ0) is 20.3. The van der Waals surface area contributed by atoms with E-state index in [-0.39, 0.29) is 5.91 Å². The highest BCUT2D eigenvalue weighted by Gasteiger charge is 2.33. The van der Waals surface area contributed by atoms with Gasteiger partial charge in [0, 0.05) is 36.8 Å². The highest BCUT2D eigenvalue weighted by atomic mass is 16.5. The number of benzene rings is 2. The SMILES string of the molecule is O=C1Nc2ccccc2C1c1ncnc2cc(OCCCN3CCOCC3)ccc12. The van der Waals surface area contributed by atoms with Crippen molar-refractivity contribution in [1.29, 1.82) is 0 Å². The molecule has 1 aromatic heterocycles. The standard InChI is InChI=1S/C23H24N4O3/c28-23-21(17-4-1-2-5-19(17)26-23)22-18-7-6-16(14-20(18)24-15-25-22)30-11-3-8-27-9-12-29-13-10-27/h1-2,4-7,14-15,21H,3,8-13H2,(H,26,28). The largest absolute Gasteiger partial charge is 0.493 e. The summed E-state index contributed by atoms with van der Waals surface area (Å²) in [5, 5.41) is 3.82. The van der Waals surface area contributed by atoms with Crippen LogP contribution in [0.5, 0.6) is 5.75 Å². The van der Waals surface area contributed by atoms with Gasteiger partial charge in [-0.2, -0.15) is 0 Å². The van der Waals surface area contributed by atoms with E-state index in [9.17, 15) is 4.79 Å². The topological polar surface area (TPSA) is 76.6 Å². The molecule has 0 saturated carbocycles. The lowest BCUT2D eigenvalue weighted by molar-refractivity contribution is -0.116. The first-order chi connectivity index (χ1) is 14.8. The molecule has 30 heavy (non-hydrogen) atoms.